The Balaban J connectivity index is 2.07. The summed E-state index contributed by atoms with van der Waals surface area (Å²) in [5.74, 6) is -0.0350. The lowest BCUT2D eigenvalue weighted by atomic mass is 10.1. The summed E-state index contributed by atoms with van der Waals surface area (Å²) >= 11 is 0. The molecule has 1 aliphatic heterocycles. The predicted molar refractivity (Wildman–Crippen MR) is 48.1 cm³/mol. The zero-order valence-corrected chi connectivity index (χ0v) is 7.19. The van der Waals surface area contributed by atoms with E-state index in [1.807, 2.05) is 30.3 Å². The van der Waals surface area contributed by atoms with E-state index in [-0.39, 0.29) is 18.6 Å². The van der Waals surface area contributed by atoms with Crippen molar-refractivity contribution in [2.75, 3.05) is 13.2 Å². The van der Waals surface area contributed by atoms with Gasteiger partial charge < -0.3 is 10.1 Å². The Morgan fingerprint density at radius 1 is 1.31 bits per heavy atom. The molecule has 1 atom stereocenters. The van der Waals surface area contributed by atoms with Gasteiger partial charge in [-0.3, -0.25) is 4.79 Å². The first-order valence-corrected chi connectivity index (χ1v) is 4.29. The minimum Gasteiger partial charge on any atom is -0.362 e. The standard InChI is InChI=1S/C10H11NO2/c12-10-7-13-9(6-11-10)8-4-2-1-3-5-8/h1-5,9H,6-7H2,(H,11,12)/t9-/m1/s1. The minimum atomic E-state index is -0.0350. The lowest BCUT2D eigenvalue weighted by Gasteiger charge is -2.23. The highest BCUT2D eigenvalue weighted by Crippen LogP contribution is 2.17. The van der Waals surface area contributed by atoms with E-state index >= 15 is 0 Å². The summed E-state index contributed by atoms with van der Waals surface area (Å²) in [6.07, 6.45) is 0.0129. The molecule has 1 aromatic carbocycles. The fourth-order valence-corrected chi connectivity index (χ4v) is 1.37. The van der Waals surface area contributed by atoms with Crippen LogP contribution in [0.2, 0.25) is 0 Å². The first-order chi connectivity index (χ1) is 6.36. The van der Waals surface area contributed by atoms with Gasteiger partial charge in [-0.2, -0.15) is 0 Å². The van der Waals surface area contributed by atoms with Crippen LogP contribution < -0.4 is 5.32 Å². The Bertz CT molecular complexity index is 287. The lowest BCUT2D eigenvalue weighted by Crippen LogP contribution is -2.38. The number of morpholine rings is 1. The van der Waals surface area contributed by atoms with Crippen molar-refractivity contribution >= 4 is 5.91 Å². The van der Waals surface area contributed by atoms with Crippen LogP contribution in [0.1, 0.15) is 11.7 Å². The Morgan fingerprint density at radius 3 is 2.69 bits per heavy atom. The van der Waals surface area contributed by atoms with Crippen LogP contribution in [0, 0.1) is 0 Å². The van der Waals surface area contributed by atoms with Gasteiger partial charge in [0.1, 0.15) is 12.7 Å². The van der Waals surface area contributed by atoms with Gasteiger partial charge in [0, 0.05) is 6.54 Å². The van der Waals surface area contributed by atoms with Crippen LogP contribution in [-0.4, -0.2) is 19.1 Å². The van der Waals surface area contributed by atoms with Crippen molar-refractivity contribution in [1.29, 1.82) is 0 Å². The van der Waals surface area contributed by atoms with E-state index in [1.54, 1.807) is 0 Å². The topological polar surface area (TPSA) is 38.3 Å². The van der Waals surface area contributed by atoms with Crippen LogP contribution in [0.25, 0.3) is 0 Å². The van der Waals surface area contributed by atoms with E-state index in [2.05, 4.69) is 5.32 Å². The monoisotopic (exact) mass is 177 g/mol. The van der Waals surface area contributed by atoms with Crippen molar-refractivity contribution in [2.24, 2.45) is 0 Å². The van der Waals surface area contributed by atoms with Gasteiger partial charge in [0.2, 0.25) is 5.91 Å². The quantitative estimate of drug-likeness (QED) is 0.691. The molecule has 1 aromatic rings. The summed E-state index contributed by atoms with van der Waals surface area (Å²) in [5.41, 5.74) is 1.11. The van der Waals surface area contributed by atoms with E-state index in [1.165, 1.54) is 0 Å². The number of ether oxygens (including phenoxy) is 1. The highest BCUT2D eigenvalue weighted by molar-refractivity contribution is 5.77. The fourth-order valence-electron chi connectivity index (χ4n) is 1.37. The van der Waals surface area contributed by atoms with Crippen molar-refractivity contribution in [2.45, 2.75) is 6.10 Å². The van der Waals surface area contributed by atoms with Gasteiger partial charge in [-0.05, 0) is 5.56 Å². The maximum Gasteiger partial charge on any atom is 0.246 e. The highest BCUT2D eigenvalue weighted by Gasteiger charge is 2.19. The molecule has 13 heavy (non-hydrogen) atoms. The zero-order chi connectivity index (χ0) is 9.10. The summed E-state index contributed by atoms with van der Waals surface area (Å²) in [5, 5.41) is 2.77. The maximum atomic E-state index is 10.8. The van der Waals surface area contributed by atoms with Gasteiger partial charge in [-0.1, -0.05) is 30.3 Å². The molecule has 2 rings (SSSR count). The molecular formula is C10H11NO2. The number of amides is 1. The van der Waals surface area contributed by atoms with Crippen LogP contribution in [0.5, 0.6) is 0 Å². The van der Waals surface area contributed by atoms with Gasteiger partial charge in [0.15, 0.2) is 0 Å². The summed E-state index contributed by atoms with van der Waals surface area (Å²) in [4.78, 5) is 10.8. The third-order valence-electron chi connectivity index (χ3n) is 2.07. The van der Waals surface area contributed by atoms with Crippen molar-refractivity contribution in [3.05, 3.63) is 35.9 Å². The number of carbonyl (C=O) groups excluding carboxylic acids is 1. The molecule has 1 saturated heterocycles. The molecule has 0 spiro atoms. The smallest absolute Gasteiger partial charge is 0.246 e. The van der Waals surface area contributed by atoms with E-state index in [4.69, 9.17) is 4.74 Å². The maximum absolute atomic E-state index is 10.8. The molecule has 1 amide bonds. The zero-order valence-electron chi connectivity index (χ0n) is 7.19. The molecule has 0 unspecified atom stereocenters. The summed E-state index contributed by atoms with van der Waals surface area (Å²) in [6, 6.07) is 9.90. The average molecular weight is 177 g/mol. The summed E-state index contributed by atoms with van der Waals surface area (Å²) in [6.45, 7) is 0.738. The summed E-state index contributed by atoms with van der Waals surface area (Å²) < 4.78 is 5.36. The molecule has 0 aliphatic carbocycles. The number of nitrogens with one attached hydrogen (secondary N) is 1. The van der Waals surface area contributed by atoms with Gasteiger partial charge in [0.25, 0.3) is 0 Å². The molecule has 0 aromatic heterocycles. The molecule has 0 saturated carbocycles. The molecule has 1 heterocycles. The highest BCUT2D eigenvalue weighted by atomic mass is 16.5. The van der Waals surface area contributed by atoms with E-state index in [0.29, 0.717) is 6.54 Å². The number of benzene rings is 1. The molecule has 0 radical (unpaired) electrons. The molecule has 1 aliphatic rings. The molecule has 1 fully saturated rings. The lowest BCUT2D eigenvalue weighted by molar-refractivity contribution is -0.133. The number of carbonyl (C=O) groups is 1. The van der Waals surface area contributed by atoms with Crippen molar-refractivity contribution in [3.63, 3.8) is 0 Å². The van der Waals surface area contributed by atoms with Crippen LogP contribution >= 0.6 is 0 Å². The van der Waals surface area contributed by atoms with Crippen molar-refractivity contribution in [1.82, 2.24) is 5.32 Å². The van der Waals surface area contributed by atoms with Crippen LogP contribution in [-0.2, 0) is 9.53 Å². The van der Waals surface area contributed by atoms with E-state index in [0.717, 1.165) is 5.56 Å². The number of hydrogen-bond donors (Lipinski definition) is 1. The van der Waals surface area contributed by atoms with Gasteiger partial charge >= 0.3 is 0 Å². The van der Waals surface area contributed by atoms with Gasteiger partial charge in [-0.15, -0.1) is 0 Å². The Kier molecular flexibility index (Phi) is 2.27. The normalized spacial score (nSPS) is 22.5. The Morgan fingerprint density at radius 2 is 2.08 bits per heavy atom. The molecule has 3 nitrogen and oxygen atoms in total. The molecular weight excluding hydrogens is 166 g/mol. The summed E-state index contributed by atoms with van der Waals surface area (Å²) in [7, 11) is 0. The minimum absolute atomic E-state index is 0.0129. The molecule has 1 N–H and O–H groups in total. The predicted octanol–water partition coefficient (Wildman–Crippen LogP) is 0.874. The van der Waals surface area contributed by atoms with Gasteiger partial charge in [-0.25, -0.2) is 0 Å². The Hall–Kier alpha value is -1.35. The first kappa shape index (κ1) is 8.26. The SMILES string of the molecule is O=C1CO[C@@H](c2ccccc2)CN1. The third kappa shape index (κ3) is 1.87. The first-order valence-electron chi connectivity index (χ1n) is 4.29. The number of hydrogen-bond acceptors (Lipinski definition) is 2. The van der Waals surface area contributed by atoms with Crippen LogP contribution in [0.3, 0.4) is 0 Å². The van der Waals surface area contributed by atoms with Crippen molar-refractivity contribution < 1.29 is 9.53 Å². The van der Waals surface area contributed by atoms with E-state index in [9.17, 15) is 4.79 Å². The van der Waals surface area contributed by atoms with E-state index < -0.39 is 0 Å². The van der Waals surface area contributed by atoms with Crippen LogP contribution in [0.4, 0.5) is 0 Å². The molecule has 68 valence electrons. The van der Waals surface area contributed by atoms with Gasteiger partial charge in [0.05, 0.1) is 0 Å². The number of rotatable bonds is 1. The van der Waals surface area contributed by atoms with Crippen LogP contribution in [0.15, 0.2) is 30.3 Å². The second-order valence-corrected chi connectivity index (χ2v) is 3.01. The average Bonchev–Trinajstić information content (AvgIpc) is 2.20. The van der Waals surface area contributed by atoms with Crippen molar-refractivity contribution in [3.8, 4) is 0 Å². The second-order valence-electron chi connectivity index (χ2n) is 3.01. The Labute approximate surface area is 76.7 Å². The molecule has 0 bridgehead atoms. The largest absolute Gasteiger partial charge is 0.362 e. The third-order valence-corrected chi connectivity index (χ3v) is 2.07. The molecule has 3 heteroatoms. The second kappa shape index (κ2) is 3.58. The fraction of sp³-hybridized carbons (Fsp3) is 0.300.